The van der Waals surface area contributed by atoms with E-state index >= 15 is 0 Å². The Kier molecular flexibility index (Phi) is 5.96. The Morgan fingerprint density at radius 2 is 1.69 bits per heavy atom. The van der Waals surface area contributed by atoms with Gasteiger partial charge in [0, 0.05) is 18.8 Å². The van der Waals surface area contributed by atoms with Gasteiger partial charge in [-0.3, -0.25) is 4.79 Å². The SMILES string of the molecule is CC(C)=CC1C(C(=O)Nc2ccc(S(=O)(=O)N3CC(C)OC(C)C3)cc2)C1(C)C. The van der Waals surface area contributed by atoms with Crippen LogP contribution in [0.15, 0.2) is 40.8 Å². The van der Waals surface area contributed by atoms with E-state index in [-0.39, 0.29) is 40.3 Å². The number of ether oxygens (including phenoxy) is 1. The molecule has 0 spiro atoms. The summed E-state index contributed by atoms with van der Waals surface area (Å²) in [5, 5.41) is 2.94. The third kappa shape index (κ3) is 4.57. The van der Waals surface area contributed by atoms with Gasteiger partial charge in [-0.15, -0.1) is 0 Å². The molecule has 29 heavy (non-hydrogen) atoms. The summed E-state index contributed by atoms with van der Waals surface area (Å²) >= 11 is 0. The summed E-state index contributed by atoms with van der Waals surface area (Å²) in [6.07, 6.45) is 1.88. The number of hydrogen-bond acceptors (Lipinski definition) is 4. The number of rotatable bonds is 5. The second-order valence-electron chi connectivity index (χ2n) is 9.16. The highest BCUT2D eigenvalue weighted by Crippen LogP contribution is 2.59. The molecular formula is C22H32N2O4S. The van der Waals surface area contributed by atoms with Crippen LogP contribution in [0.4, 0.5) is 5.69 Å². The number of anilines is 1. The predicted molar refractivity (Wildman–Crippen MR) is 114 cm³/mol. The minimum absolute atomic E-state index is 0.0241. The van der Waals surface area contributed by atoms with Gasteiger partial charge in [-0.05, 0) is 63.3 Å². The molecule has 1 saturated carbocycles. The van der Waals surface area contributed by atoms with Crippen LogP contribution in [-0.4, -0.2) is 43.9 Å². The molecule has 1 aliphatic heterocycles. The largest absolute Gasteiger partial charge is 0.373 e. The standard InChI is InChI=1S/C22H32N2O4S/c1-14(2)11-19-20(22(19,5)6)21(25)23-17-7-9-18(10-8-17)29(26,27)24-12-15(3)28-16(4)13-24/h7-11,15-16,19-20H,12-13H2,1-6H3,(H,23,25). The molecule has 1 aliphatic carbocycles. The summed E-state index contributed by atoms with van der Waals surface area (Å²) in [4.78, 5) is 12.9. The highest BCUT2D eigenvalue weighted by molar-refractivity contribution is 7.89. The minimum atomic E-state index is -3.59. The second kappa shape index (κ2) is 7.85. The van der Waals surface area contributed by atoms with Gasteiger partial charge in [0.15, 0.2) is 0 Å². The molecule has 4 atom stereocenters. The van der Waals surface area contributed by atoms with Crippen molar-refractivity contribution in [3.8, 4) is 0 Å². The van der Waals surface area contributed by atoms with E-state index in [9.17, 15) is 13.2 Å². The predicted octanol–water partition coefficient (Wildman–Crippen LogP) is 3.66. The van der Waals surface area contributed by atoms with Crippen molar-refractivity contribution in [2.24, 2.45) is 17.3 Å². The molecule has 6 nitrogen and oxygen atoms in total. The number of amides is 1. The Balaban J connectivity index is 1.69. The maximum Gasteiger partial charge on any atom is 0.243 e. The van der Waals surface area contributed by atoms with Crippen molar-refractivity contribution < 1.29 is 17.9 Å². The average Bonchev–Trinajstić information content (AvgIpc) is 3.14. The highest BCUT2D eigenvalue weighted by Gasteiger charge is 2.60. The van der Waals surface area contributed by atoms with Crippen molar-refractivity contribution >= 4 is 21.6 Å². The van der Waals surface area contributed by atoms with Crippen LogP contribution >= 0.6 is 0 Å². The highest BCUT2D eigenvalue weighted by atomic mass is 32.2. The lowest BCUT2D eigenvalue weighted by molar-refractivity contribution is -0.118. The number of allylic oxidation sites excluding steroid dienone is 2. The summed E-state index contributed by atoms with van der Waals surface area (Å²) in [6.45, 7) is 12.7. The van der Waals surface area contributed by atoms with Crippen molar-refractivity contribution in [1.82, 2.24) is 4.31 Å². The van der Waals surface area contributed by atoms with E-state index in [1.54, 1.807) is 24.3 Å². The normalized spacial score (nSPS) is 29.2. The van der Waals surface area contributed by atoms with Gasteiger partial charge in [0.1, 0.15) is 0 Å². The van der Waals surface area contributed by atoms with Crippen LogP contribution in [0.5, 0.6) is 0 Å². The molecule has 1 amide bonds. The number of benzene rings is 1. The van der Waals surface area contributed by atoms with E-state index in [0.29, 0.717) is 18.8 Å². The smallest absolute Gasteiger partial charge is 0.243 e. The third-order valence-corrected chi connectivity index (χ3v) is 7.70. The molecule has 1 saturated heterocycles. The van der Waals surface area contributed by atoms with Gasteiger partial charge in [-0.25, -0.2) is 8.42 Å². The van der Waals surface area contributed by atoms with Crippen LogP contribution in [0.25, 0.3) is 0 Å². The van der Waals surface area contributed by atoms with Crippen LogP contribution in [0.3, 0.4) is 0 Å². The first-order valence-corrected chi connectivity index (χ1v) is 11.6. The lowest BCUT2D eigenvalue weighted by atomic mass is 10.1. The van der Waals surface area contributed by atoms with E-state index in [1.165, 1.54) is 9.88 Å². The van der Waals surface area contributed by atoms with Gasteiger partial charge in [-0.2, -0.15) is 4.31 Å². The molecule has 160 valence electrons. The van der Waals surface area contributed by atoms with Crippen molar-refractivity contribution in [3.05, 3.63) is 35.9 Å². The van der Waals surface area contributed by atoms with Gasteiger partial charge < -0.3 is 10.1 Å². The Bertz CT molecular complexity index is 891. The summed E-state index contributed by atoms with van der Waals surface area (Å²) in [5.41, 5.74) is 1.75. The van der Waals surface area contributed by atoms with Gasteiger partial charge in [0.05, 0.1) is 23.0 Å². The topological polar surface area (TPSA) is 75.7 Å². The molecule has 2 fully saturated rings. The fraction of sp³-hybridized carbons (Fsp3) is 0.591. The van der Waals surface area contributed by atoms with Gasteiger partial charge in [-0.1, -0.05) is 25.5 Å². The fourth-order valence-electron chi connectivity index (χ4n) is 4.25. The Hall–Kier alpha value is -1.70. The molecule has 1 heterocycles. The zero-order valence-electron chi connectivity index (χ0n) is 18.1. The Morgan fingerprint density at radius 3 is 2.21 bits per heavy atom. The lowest BCUT2D eigenvalue weighted by Gasteiger charge is -2.34. The van der Waals surface area contributed by atoms with Gasteiger partial charge in [0.2, 0.25) is 15.9 Å². The summed E-state index contributed by atoms with van der Waals surface area (Å²) in [7, 11) is -3.59. The van der Waals surface area contributed by atoms with Crippen molar-refractivity contribution in [2.45, 2.75) is 58.6 Å². The fourth-order valence-corrected chi connectivity index (χ4v) is 5.85. The Labute approximate surface area is 174 Å². The summed E-state index contributed by atoms with van der Waals surface area (Å²) in [6, 6.07) is 6.43. The van der Waals surface area contributed by atoms with Crippen LogP contribution in [0, 0.1) is 17.3 Å². The number of morpholine rings is 1. The minimum Gasteiger partial charge on any atom is -0.373 e. The number of carbonyl (C=O) groups excluding carboxylic acids is 1. The third-order valence-electron chi connectivity index (χ3n) is 5.85. The first kappa shape index (κ1) is 22.0. The monoisotopic (exact) mass is 420 g/mol. The molecule has 4 unspecified atom stereocenters. The summed E-state index contributed by atoms with van der Waals surface area (Å²) in [5.74, 6) is 0.138. The number of nitrogens with zero attached hydrogens (tertiary/aromatic N) is 1. The van der Waals surface area contributed by atoms with E-state index in [4.69, 9.17) is 4.74 Å². The zero-order valence-corrected chi connectivity index (χ0v) is 18.9. The second-order valence-corrected chi connectivity index (χ2v) is 11.1. The zero-order chi connectivity index (χ0) is 21.6. The molecule has 0 aromatic heterocycles. The Morgan fingerprint density at radius 1 is 1.14 bits per heavy atom. The van der Waals surface area contributed by atoms with Gasteiger partial charge in [0.25, 0.3) is 0 Å². The van der Waals surface area contributed by atoms with E-state index in [2.05, 4.69) is 25.2 Å². The molecule has 3 rings (SSSR count). The average molecular weight is 421 g/mol. The van der Waals surface area contributed by atoms with Gasteiger partial charge >= 0.3 is 0 Å². The first-order chi connectivity index (χ1) is 13.4. The van der Waals surface area contributed by atoms with E-state index in [0.717, 1.165) is 0 Å². The summed E-state index contributed by atoms with van der Waals surface area (Å²) < 4.78 is 33.0. The maximum absolute atomic E-state index is 12.9. The lowest BCUT2D eigenvalue weighted by Crippen LogP contribution is -2.48. The number of hydrogen-bond donors (Lipinski definition) is 1. The van der Waals surface area contributed by atoms with Crippen molar-refractivity contribution in [2.75, 3.05) is 18.4 Å². The number of nitrogens with one attached hydrogen (secondary N) is 1. The van der Waals surface area contributed by atoms with Crippen LogP contribution in [-0.2, 0) is 19.6 Å². The van der Waals surface area contributed by atoms with Crippen molar-refractivity contribution in [3.63, 3.8) is 0 Å². The molecule has 1 aromatic rings. The molecule has 7 heteroatoms. The molecule has 1 N–H and O–H groups in total. The number of sulfonamides is 1. The van der Waals surface area contributed by atoms with E-state index in [1.807, 2.05) is 27.7 Å². The first-order valence-electron chi connectivity index (χ1n) is 10.1. The van der Waals surface area contributed by atoms with E-state index < -0.39 is 10.0 Å². The molecule has 2 aliphatic rings. The van der Waals surface area contributed by atoms with Crippen molar-refractivity contribution in [1.29, 1.82) is 0 Å². The van der Waals surface area contributed by atoms with Crippen LogP contribution < -0.4 is 5.32 Å². The maximum atomic E-state index is 12.9. The molecule has 0 bridgehead atoms. The molecule has 0 radical (unpaired) electrons. The van der Waals surface area contributed by atoms with Crippen LogP contribution in [0.1, 0.15) is 41.5 Å². The molecular weight excluding hydrogens is 388 g/mol. The molecule has 1 aromatic carbocycles. The number of carbonyl (C=O) groups is 1. The quantitative estimate of drug-likeness (QED) is 0.738. The van der Waals surface area contributed by atoms with Crippen LogP contribution in [0.2, 0.25) is 0 Å².